The smallest absolute Gasteiger partial charge is 0.253 e. The molecule has 0 aliphatic heterocycles. The number of carbonyl (C=O) groups is 2. The minimum atomic E-state index is -0.0754. The molecule has 0 aliphatic carbocycles. The Kier molecular flexibility index (Phi) is 6.44. The fourth-order valence-corrected chi connectivity index (χ4v) is 2.81. The molecule has 0 fully saturated rings. The largest absolute Gasteiger partial charge is 0.441 e. The molecule has 1 N–H and O–H groups in total. The number of hydrogen-bond acceptors (Lipinski definition) is 4. The van der Waals surface area contributed by atoms with Crippen molar-refractivity contribution in [1.29, 1.82) is 0 Å². The van der Waals surface area contributed by atoms with Gasteiger partial charge in [0.05, 0.1) is 6.20 Å². The Labute approximate surface area is 170 Å². The monoisotopic (exact) mass is 391 g/mol. The molecule has 29 heavy (non-hydrogen) atoms. The Bertz CT molecular complexity index is 973. The van der Waals surface area contributed by atoms with E-state index in [9.17, 15) is 9.59 Å². The molecule has 0 saturated carbocycles. The first-order valence-electron chi connectivity index (χ1n) is 9.51. The lowest BCUT2D eigenvalue weighted by Crippen LogP contribution is -2.23. The summed E-state index contributed by atoms with van der Waals surface area (Å²) in [5, 5.41) is 2.88. The second-order valence-corrected chi connectivity index (χ2v) is 7.16. The third-order valence-electron chi connectivity index (χ3n) is 4.55. The van der Waals surface area contributed by atoms with E-state index in [4.69, 9.17) is 4.42 Å². The summed E-state index contributed by atoms with van der Waals surface area (Å²) in [4.78, 5) is 29.8. The van der Waals surface area contributed by atoms with Crippen molar-refractivity contribution in [2.45, 2.75) is 26.3 Å². The summed E-state index contributed by atoms with van der Waals surface area (Å²) in [5.74, 6) is 1.13. The molecule has 0 radical (unpaired) electrons. The van der Waals surface area contributed by atoms with Crippen molar-refractivity contribution >= 4 is 11.8 Å². The van der Waals surface area contributed by atoms with Crippen LogP contribution in [0.1, 0.15) is 33.8 Å². The van der Waals surface area contributed by atoms with Gasteiger partial charge in [0.1, 0.15) is 0 Å². The zero-order valence-electron chi connectivity index (χ0n) is 16.9. The van der Waals surface area contributed by atoms with E-state index < -0.39 is 0 Å². The third kappa shape index (κ3) is 5.54. The summed E-state index contributed by atoms with van der Waals surface area (Å²) in [5.41, 5.74) is 3.71. The molecule has 0 bridgehead atoms. The van der Waals surface area contributed by atoms with Crippen LogP contribution in [0.15, 0.2) is 59.1 Å². The second-order valence-electron chi connectivity index (χ2n) is 7.16. The molecule has 6 heteroatoms. The summed E-state index contributed by atoms with van der Waals surface area (Å²) in [7, 11) is 3.43. The maximum atomic E-state index is 12.1. The van der Waals surface area contributed by atoms with Gasteiger partial charge in [-0.05, 0) is 24.6 Å². The summed E-state index contributed by atoms with van der Waals surface area (Å²) >= 11 is 0. The van der Waals surface area contributed by atoms with Crippen LogP contribution in [0.2, 0.25) is 0 Å². The minimum Gasteiger partial charge on any atom is -0.441 e. The number of aromatic nitrogens is 1. The molecule has 0 atom stereocenters. The molecule has 3 rings (SSSR count). The van der Waals surface area contributed by atoms with Crippen LogP contribution in [0.3, 0.4) is 0 Å². The first-order chi connectivity index (χ1) is 13.9. The van der Waals surface area contributed by atoms with Gasteiger partial charge >= 0.3 is 0 Å². The molecule has 1 heterocycles. The summed E-state index contributed by atoms with van der Waals surface area (Å²) in [6.45, 7) is 2.45. The number of carbonyl (C=O) groups excluding carboxylic acids is 2. The quantitative estimate of drug-likeness (QED) is 0.668. The normalized spacial score (nSPS) is 10.6. The highest BCUT2D eigenvalue weighted by Gasteiger charge is 2.10. The Morgan fingerprint density at radius 1 is 1.03 bits per heavy atom. The van der Waals surface area contributed by atoms with Gasteiger partial charge in [-0.25, -0.2) is 4.98 Å². The lowest BCUT2D eigenvalue weighted by atomic mass is 10.1. The lowest BCUT2D eigenvalue weighted by molar-refractivity contribution is -0.121. The van der Waals surface area contributed by atoms with E-state index in [0.29, 0.717) is 36.6 Å². The molecule has 0 spiro atoms. The molecule has 2 amide bonds. The van der Waals surface area contributed by atoms with Crippen LogP contribution in [0, 0.1) is 6.92 Å². The van der Waals surface area contributed by atoms with Crippen LogP contribution in [-0.2, 0) is 17.8 Å². The van der Waals surface area contributed by atoms with Crippen LogP contribution in [-0.4, -0.2) is 35.8 Å². The standard InChI is InChI=1S/C23H25N3O3/c1-16-4-8-18(9-5-16)20-15-25-22(29-20)13-12-21(27)24-14-17-6-10-19(11-7-17)23(28)26(2)3/h4-11,15H,12-14H2,1-3H3,(H,24,27). The molecule has 150 valence electrons. The Morgan fingerprint density at radius 3 is 2.38 bits per heavy atom. The van der Waals surface area contributed by atoms with Gasteiger partial charge in [-0.1, -0.05) is 42.0 Å². The second kappa shape index (κ2) is 9.19. The lowest BCUT2D eigenvalue weighted by Gasteiger charge is -2.10. The van der Waals surface area contributed by atoms with E-state index in [0.717, 1.165) is 11.1 Å². The first kappa shape index (κ1) is 20.3. The molecular formula is C23H25N3O3. The number of aryl methyl sites for hydroxylation is 2. The predicted molar refractivity (Wildman–Crippen MR) is 111 cm³/mol. The van der Waals surface area contributed by atoms with Crippen LogP contribution in [0.5, 0.6) is 0 Å². The van der Waals surface area contributed by atoms with Gasteiger partial charge in [0.2, 0.25) is 5.91 Å². The molecule has 0 aliphatic rings. The van der Waals surface area contributed by atoms with Crippen molar-refractivity contribution in [3.05, 3.63) is 77.3 Å². The van der Waals surface area contributed by atoms with Gasteiger partial charge in [0.25, 0.3) is 5.91 Å². The van der Waals surface area contributed by atoms with Gasteiger partial charge in [-0.15, -0.1) is 0 Å². The number of rotatable bonds is 7. The van der Waals surface area contributed by atoms with Crippen molar-refractivity contribution in [3.63, 3.8) is 0 Å². The fraction of sp³-hybridized carbons (Fsp3) is 0.261. The molecule has 6 nitrogen and oxygen atoms in total. The number of benzene rings is 2. The van der Waals surface area contributed by atoms with E-state index in [1.54, 1.807) is 32.4 Å². The van der Waals surface area contributed by atoms with Gasteiger partial charge in [-0.2, -0.15) is 0 Å². The van der Waals surface area contributed by atoms with Crippen molar-refractivity contribution in [1.82, 2.24) is 15.2 Å². The third-order valence-corrected chi connectivity index (χ3v) is 4.55. The minimum absolute atomic E-state index is 0.0449. The van der Waals surface area contributed by atoms with E-state index in [-0.39, 0.29) is 11.8 Å². The Morgan fingerprint density at radius 2 is 1.72 bits per heavy atom. The average Bonchev–Trinajstić information content (AvgIpc) is 3.20. The highest BCUT2D eigenvalue weighted by Crippen LogP contribution is 2.21. The Balaban J connectivity index is 1.47. The van der Waals surface area contributed by atoms with Crippen molar-refractivity contribution < 1.29 is 14.0 Å². The number of nitrogens with one attached hydrogen (secondary N) is 1. The zero-order chi connectivity index (χ0) is 20.8. The number of hydrogen-bond donors (Lipinski definition) is 1. The molecule has 3 aromatic rings. The van der Waals surface area contributed by atoms with E-state index in [1.807, 2.05) is 43.3 Å². The first-order valence-corrected chi connectivity index (χ1v) is 9.51. The van der Waals surface area contributed by atoms with E-state index in [1.165, 1.54) is 10.5 Å². The van der Waals surface area contributed by atoms with E-state index >= 15 is 0 Å². The Hall–Kier alpha value is -3.41. The van der Waals surface area contributed by atoms with Crippen LogP contribution < -0.4 is 5.32 Å². The number of oxazole rings is 1. The van der Waals surface area contributed by atoms with Gasteiger partial charge in [0, 0.05) is 44.6 Å². The van der Waals surface area contributed by atoms with Crippen LogP contribution >= 0.6 is 0 Å². The van der Waals surface area contributed by atoms with Gasteiger partial charge < -0.3 is 14.6 Å². The molecule has 1 aromatic heterocycles. The van der Waals surface area contributed by atoms with Crippen LogP contribution in [0.25, 0.3) is 11.3 Å². The number of nitrogens with zero attached hydrogens (tertiary/aromatic N) is 2. The van der Waals surface area contributed by atoms with Crippen molar-refractivity contribution in [2.24, 2.45) is 0 Å². The number of amides is 2. The van der Waals surface area contributed by atoms with Crippen LogP contribution in [0.4, 0.5) is 0 Å². The summed E-state index contributed by atoms with van der Waals surface area (Å²) in [6, 6.07) is 15.2. The topological polar surface area (TPSA) is 75.4 Å². The SMILES string of the molecule is Cc1ccc(-c2cnc(CCC(=O)NCc3ccc(C(=O)N(C)C)cc3)o2)cc1. The zero-order valence-corrected chi connectivity index (χ0v) is 16.9. The van der Waals surface area contributed by atoms with Gasteiger partial charge in [-0.3, -0.25) is 9.59 Å². The summed E-state index contributed by atoms with van der Waals surface area (Å²) in [6.07, 6.45) is 2.42. The average molecular weight is 391 g/mol. The van der Waals surface area contributed by atoms with Gasteiger partial charge in [0.15, 0.2) is 11.7 Å². The molecule has 0 unspecified atom stereocenters. The highest BCUT2D eigenvalue weighted by atomic mass is 16.4. The highest BCUT2D eigenvalue weighted by molar-refractivity contribution is 5.93. The van der Waals surface area contributed by atoms with E-state index in [2.05, 4.69) is 10.3 Å². The van der Waals surface area contributed by atoms with Crippen molar-refractivity contribution in [2.75, 3.05) is 14.1 Å². The molecule has 0 saturated heterocycles. The fourth-order valence-electron chi connectivity index (χ4n) is 2.81. The molecular weight excluding hydrogens is 366 g/mol. The maximum Gasteiger partial charge on any atom is 0.253 e. The molecule has 2 aromatic carbocycles. The maximum absolute atomic E-state index is 12.1. The van der Waals surface area contributed by atoms with Crippen molar-refractivity contribution in [3.8, 4) is 11.3 Å². The summed E-state index contributed by atoms with van der Waals surface area (Å²) < 4.78 is 5.75. The predicted octanol–water partition coefficient (Wildman–Crippen LogP) is 3.60.